The molecule has 4 aromatic rings. The van der Waals surface area contributed by atoms with Gasteiger partial charge in [-0.15, -0.1) is 10.2 Å². The lowest BCUT2D eigenvalue weighted by Gasteiger charge is -2.20. The van der Waals surface area contributed by atoms with E-state index in [2.05, 4.69) is 10.2 Å². The molecule has 0 saturated heterocycles. The van der Waals surface area contributed by atoms with Gasteiger partial charge in [0, 0.05) is 22.6 Å². The first-order valence-electron chi connectivity index (χ1n) is 10.9. The first-order chi connectivity index (χ1) is 16.6. The number of halogens is 1. The van der Waals surface area contributed by atoms with Gasteiger partial charge in [-0.05, 0) is 49.2 Å². The maximum atomic E-state index is 14.2. The van der Waals surface area contributed by atoms with Crippen LogP contribution in [-0.4, -0.2) is 21.6 Å². The molecule has 0 amide bonds. The number of aryl methyl sites for hydroxylation is 2. The third-order valence-electron chi connectivity index (χ3n) is 5.58. The Labute approximate surface area is 201 Å². The van der Waals surface area contributed by atoms with E-state index in [4.69, 9.17) is 14.2 Å². The van der Waals surface area contributed by atoms with Crippen LogP contribution in [0, 0.1) is 19.7 Å². The van der Waals surface area contributed by atoms with Crippen molar-refractivity contribution in [2.45, 2.75) is 38.0 Å². The van der Waals surface area contributed by atoms with Gasteiger partial charge in [-0.25, -0.2) is 4.39 Å². The van der Waals surface area contributed by atoms with Crippen molar-refractivity contribution in [3.63, 3.8) is 0 Å². The van der Waals surface area contributed by atoms with E-state index in [9.17, 15) is 4.39 Å². The van der Waals surface area contributed by atoms with Crippen molar-refractivity contribution in [1.29, 1.82) is 0 Å². The number of aromatic nitrogens is 3. The lowest BCUT2D eigenvalue weighted by molar-refractivity contribution is -0.0171. The van der Waals surface area contributed by atoms with Crippen molar-refractivity contribution in [3.8, 4) is 17.2 Å². The lowest BCUT2D eigenvalue weighted by Crippen LogP contribution is -2.13. The number of rotatable bonds is 7. The zero-order chi connectivity index (χ0) is 23.5. The average Bonchev–Trinajstić information content (AvgIpc) is 3.25. The number of hydrogen-bond acceptors (Lipinski definition) is 6. The van der Waals surface area contributed by atoms with Gasteiger partial charge >= 0.3 is 0 Å². The number of benzene rings is 3. The fraction of sp³-hybridized carbons (Fsp3) is 0.231. The van der Waals surface area contributed by atoms with Crippen LogP contribution in [0.25, 0.3) is 5.69 Å². The Morgan fingerprint density at radius 1 is 1.03 bits per heavy atom. The maximum absolute atomic E-state index is 14.2. The van der Waals surface area contributed by atoms with Gasteiger partial charge in [-0.1, -0.05) is 48.2 Å². The Hall–Kier alpha value is -3.36. The summed E-state index contributed by atoms with van der Waals surface area (Å²) in [6.45, 7) is 4.82. The summed E-state index contributed by atoms with van der Waals surface area (Å²) >= 11 is 1.47. The number of para-hydroxylation sites is 2. The van der Waals surface area contributed by atoms with Crippen molar-refractivity contribution in [2.24, 2.45) is 0 Å². The number of thioether (sulfide) groups is 1. The Bertz CT molecular complexity index is 1290. The summed E-state index contributed by atoms with van der Waals surface area (Å²) in [4.78, 5) is 0. The van der Waals surface area contributed by atoms with E-state index < -0.39 is 0 Å². The molecule has 1 aromatic heterocycles. The Morgan fingerprint density at radius 2 is 1.82 bits per heavy atom. The van der Waals surface area contributed by atoms with E-state index >= 15 is 0 Å². The molecular weight excluding hydrogens is 453 g/mol. The Morgan fingerprint density at radius 3 is 2.62 bits per heavy atom. The first-order valence-corrected chi connectivity index (χ1v) is 11.9. The highest BCUT2D eigenvalue weighted by molar-refractivity contribution is 7.98. The highest BCUT2D eigenvalue weighted by atomic mass is 32.2. The molecule has 2 heterocycles. The standard InChI is InChI=1S/C26H24FN3O3S/c1-17-7-6-8-18(2)24(17)32-14-23-28-29-26(30(23)22-9-4-3-5-10-22)34-15-20-12-21(27)11-19-13-31-16-33-25(19)20/h3-12H,13-16H2,1-2H3. The summed E-state index contributed by atoms with van der Waals surface area (Å²) in [6.07, 6.45) is 0. The van der Waals surface area contributed by atoms with Gasteiger partial charge in [-0.3, -0.25) is 4.57 Å². The van der Waals surface area contributed by atoms with Crippen LogP contribution in [-0.2, 0) is 23.7 Å². The van der Waals surface area contributed by atoms with Crippen LogP contribution >= 0.6 is 11.8 Å². The molecule has 5 rings (SSSR count). The lowest BCUT2D eigenvalue weighted by atomic mass is 10.1. The second-order valence-electron chi connectivity index (χ2n) is 8.03. The molecule has 3 aromatic carbocycles. The molecule has 0 bridgehead atoms. The fourth-order valence-electron chi connectivity index (χ4n) is 3.99. The zero-order valence-corrected chi connectivity index (χ0v) is 19.8. The molecule has 0 aliphatic carbocycles. The first kappa shape index (κ1) is 22.4. The summed E-state index contributed by atoms with van der Waals surface area (Å²) in [5.74, 6) is 2.38. The normalized spacial score (nSPS) is 12.8. The van der Waals surface area contributed by atoms with Crippen LogP contribution in [0.5, 0.6) is 11.5 Å². The SMILES string of the molecule is Cc1cccc(C)c1OCc1nnc(SCc2cc(F)cc3c2OCOC3)n1-c1ccccc1. The van der Waals surface area contributed by atoms with Gasteiger partial charge in [-0.2, -0.15) is 0 Å². The molecule has 174 valence electrons. The number of nitrogens with zero attached hydrogens (tertiary/aromatic N) is 3. The molecular formula is C26H24FN3O3S. The van der Waals surface area contributed by atoms with E-state index in [0.29, 0.717) is 34.7 Å². The summed E-state index contributed by atoms with van der Waals surface area (Å²) in [7, 11) is 0. The second-order valence-corrected chi connectivity index (χ2v) is 8.97. The minimum atomic E-state index is -0.310. The second kappa shape index (κ2) is 9.87. The third-order valence-corrected chi connectivity index (χ3v) is 6.56. The molecule has 0 saturated carbocycles. The molecule has 0 N–H and O–H groups in total. The predicted molar refractivity (Wildman–Crippen MR) is 128 cm³/mol. The van der Waals surface area contributed by atoms with Crippen LogP contribution in [0.4, 0.5) is 4.39 Å². The van der Waals surface area contributed by atoms with Gasteiger partial charge in [0.05, 0.1) is 6.61 Å². The molecule has 1 aliphatic heterocycles. The van der Waals surface area contributed by atoms with E-state index in [1.165, 1.54) is 23.9 Å². The van der Waals surface area contributed by atoms with Gasteiger partial charge in [0.1, 0.15) is 23.9 Å². The quantitative estimate of drug-likeness (QED) is 0.316. The minimum absolute atomic E-state index is 0.163. The summed E-state index contributed by atoms with van der Waals surface area (Å²) < 4.78 is 33.3. The van der Waals surface area contributed by atoms with E-state index in [1.54, 1.807) is 0 Å². The number of ether oxygens (including phenoxy) is 3. The summed E-state index contributed by atoms with van der Waals surface area (Å²) in [6, 6.07) is 18.9. The number of fused-ring (bicyclic) bond motifs is 1. The van der Waals surface area contributed by atoms with Gasteiger partial charge < -0.3 is 14.2 Å². The highest BCUT2D eigenvalue weighted by Gasteiger charge is 2.20. The van der Waals surface area contributed by atoms with Crippen LogP contribution in [0.2, 0.25) is 0 Å². The monoisotopic (exact) mass is 477 g/mol. The largest absolute Gasteiger partial charge is 0.485 e. The maximum Gasteiger partial charge on any atom is 0.196 e. The van der Waals surface area contributed by atoms with Crippen molar-refractivity contribution >= 4 is 11.8 Å². The topological polar surface area (TPSA) is 58.4 Å². The van der Waals surface area contributed by atoms with Gasteiger partial charge in [0.2, 0.25) is 0 Å². The summed E-state index contributed by atoms with van der Waals surface area (Å²) in [5, 5.41) is 9.55. The van der Waals surface area contributed by atoms with Crippen molar-refractivity contribution < 1.29 is 18.6 Å². The van der Waals surface area contributed by atoms with Crippen molar-refractivity contribution in [1.82, 2.24) is 14.8 Å². The molecule has 0 unspecified atom stereocenters. The molecule has 6 nitrogen and oxygen atoms in total. The zero-order valence-electron chi connectivity index (χ0n) is 19.0. The molecule has 34 heavy (non-hydrogen) atoms. The Kier molecular flexibility index (Phi) is 6.51. The molecule has 0 radical (unpaired) electrons. The number of hydrogen-bond donors (Lipinski definition) is 0. The van der Waals surface area contributed by atoms with Crippen LogP contribution in [0.1, 0.15) is 28.1 Å². The molecule has 1 aliphatic rings. The molecule has 0 fully saturated rings. The van der Waals surface area contributed by atoms with E-state index in [0.717, 1.165) is 28.1 Å². The van der Waals surface area contributed by atoms with E-state index in [1.807, 2.05) is 66.9 Å². The molecule has 8 heteroatoms. The average molecular weight is 478 g/mol. The minimum Gasteiger partial charge on any atom is -0.485 e. The van der Waals surface area contributed by atoms with E-state index in [-0.39, 0.29) is 19.2 Å². The van der Waals surface area contributed by atoms with Crippen molar-refractivity contribution in [3.05, 3.63) is 94.6 Å². The van der Waals surface area contributed by atoms with Gasteiger partial charge in [0.15, 0.2) is 17.8 Å². The molecule has 0 atom stereocenters. The van der Waals surface area contributed by atoms with Gasteiger partial charge in [0.25, 0.3) is 0 Å². The van der Waals surface area contributed by atoms with Crippen molar-refractivity contribution in [2.75, 3.05) is 6.79 Å². The fourth-order valence-corrected chi connectivity index (χ4v) is 4.93. The summed E-state index contributed by atoms with van der Waals surface area (Å²) in [5.41, 5.74) is 4.55. The predicted octanol–water partition coefficient (Wildman–Crippen LogP) is 5.76. The Balaban J connectivity index is 1.43. The molecule has 0 spiro atoms. The smallest absolute Gasteiger partial charge is 0.196 e. The van der Waals surface area contributed by atoms with Crippen LogP contribution < -0.4 is 9.47 Å². The van der Waals surface area contributed by atoms with Crippen LogP contribution in [0.15, 0.2) is 65.8 Å². The van der Waals surface area contributed by atoms with Crippen LogP contribution in [0.3, 0.4) is 0 Å². The highest BCUT2D eigenvalue weighted by Crippen LogP contribution is 2.34. The third kappa shape index (κ3) is 4.64.